The molecule has 6 aromatic carbocycles. The number of phenolic OH excluding ortho intramolecular Hbond substituents is 2. The molecule has 0 bridgehead atoms. The van der Waals surface area contributed by atoms with E-state index in [2.05, 4.69) is 18.2 Å². The van der Waals surface area contributed by atoms with Gasteiger partial charge in [0.15, 0.2) is 0 Å². The number of fused-ring (bicyclic) bond motifs is 2. The molecule has 6 rings (SSSR count). The monoisotopic (exact) mass is 1130 g/mol. The molecule has 0 saturated heterocycles. The lowest BCUT2D eigenvalue weighted by Crippen LogP contribution is -2.36. The molecule has 0 saturated carbocycles. The Bertz CT molecular complexity index is 2900. The van der Waals surface area contributed by atoms with Gasteiger partial charge < -0.3 is 29.9 Å². The average Bonchev–Trinajstić information content (AvgIpc) is 3.46. The van der Waals surface area contributed by atoms with E-state index in [1.807, 2.05) is 66.7 Å². The summed E-state index contributed by atoms with van der Waals surface area (Å²) in [6.45, 7) is 0. The standard InChI is InChI=1S/C32H37F5O4.C30H33F5O4/c1-40-25-15-12-22(13-16-25)27-18-14-24-21-26(41-2)17-19-28(24)29(27)11-7-5-3-4-6-9-23(30(38)39)10-8-20-31(33,34)32(35,36)37;31-29(32,30(33,34)35)18-6-8-21(28(38)39)7-4-2-1-3-5-9-27-25(20-10-13-23(36)14-11-20)16-12-22-19-24(37)15-17-26(22)27/h12-19,21,23H,3-11,20H2,1-2H3,(H,38,39);10-17,19,21,36-37H,1-9,18H2,(H,38,39). The molecule has 0 spiro atoms. The van der Waals surface area contributed by atoms with E-state index in [-0.39, 0.29) is 37.2 Å². The summed E-state index contributed by atoms with van der Waals surface area (Å²) >= 11 is 0. The predicted molar refractivity (Wildman–Crippen MR) is 290 cm³/mol. The number of phenols is 2. The summed E-state index contributed by atoms with van der Waals surface area (Å²) in [5.41, 5.74) is 6.59. The van der Waals surface area contributed by atoms with Gasteiger partial charge in [0.25, 0.3) is 0 Å². The van der Waals surface area contributed by atoms with Crippen molar-refractivity contribution in [2.75, 3.05) is 14.2 Å². The van der Waals surface area contributed by atoms with Crippen LogP contribution in [0.4, 0.5) is 43.9 Å². The number of hydrogen-bond donors (Lipinski definition) is 4. The summed E-state index contributed by atoms with van der Waals surface area (Å²) in [5, 5.41) is 42.4. The van der Waals surface area contributed by atoms with Gasteiger partial charge in [-0.05, 0) is 168 Å². The number of carboxylic acid groups (broad SMARTS) is 2. The Morgan fingerprint density at radius 1 is 0.425 bits per heavy atom. The van der Waals surface area contributed by atoms with E-state index in [1.54, 1.807) is 38.5 Å². The van der Waals surface area contributed by atoms with Crippen molar-refractivity contribution in [2.45, 2.75) is 153 Å². The molecule has 80 heavy (non-hydrogen) atoms. The minimum absolute atomic E-state index is 0.176. The van der Waals surface area contributed by atoms with Crippen molar-refractivity contribution in [2.24, 2.45) is 11.8 Å². The summed E-state index contributed by atoms with van der Waals surface area (Å²) in [6.07, 6.45) is -5.40. The molecule has 0 heterocycles. The van der Waals surface area contributed by atoms with Crippen molar-refractivity contribution in [1.82, 2.24) is 0 Å². The number of rotatable bonds is 30. The maximum absolute atomic E-state index is 13.1. The number of unbranched alkanes of at least 4 members (excludes halogenated alkanes) is 8. The molecule has 0 amide bonds. The third kappa shape index (κ3) is 18.7. The van der Waals surface area contributed by atoms with Gasteiger partial charge in [0.2, 0.25) is 0 Å². The molecule has 8 nitrogen and oxygen atoms in total. The van der Waals surface area contributed by atoms with Crippen LogP contribution in [0.1, 0.15) is 127 Å². The van der Waals surface area contributed by atoms with Crippen LogP contribution in [0.25, 0.3) is 43.8 Å². The molecular formula is C62H70F10O8. The number of carbonyl (C=O) groups is 2. The van der Waals surface area contributed by atoms with Crippen LogP contribution in [-0.4, -0.2) is 70.8 Å². The summed E-state index contributed by atoms with van der Waals surface area (Å²) < 4.78 is 137. The molecule has 6 aromatic rings. The fourth-order valence-electron chi connectivity index (χ4n) is 10.0. The van der Waals surface area contributed by atoms with E-state index in [0.717, 1.165) is 125 Å². The Labute approximate surface area is 459 Å². The van der Waals surface area contributed by atoms with Crippen molar-refractivity contribution < 1.29 is 83.4 Å². The number of methoxy groups -OCH3 is 2. The molecule has 0 aliphatic heterocycles. The van der Waals surface area contributed by atoms with Gasteiger partial charge in [-0.2, -0.15) is 43.9 Å². The molecule has 4 N–H and O–H groups in total. The van der Waals surface area contributed by atoms with Crippen LogP contribution in [-0.2, 0) is 22.4 Å². The largest absolute Gasteiger partial charge is 0.508 e. The first-order valence-electron chi connectivity index (χ1n) is 27.0. The first-order valence-corrected chi connectivity index (χ1v) is 27.0. The second kappa shape index (κ2) is 29.7. The van der Waals surface area contributed by atoms with Crippen LogP contribution in [0.15, 0.2) is 109 Å². The van der Waals surface area contributed by atoms with Gasteiger partial charge in [-0.15, -0.1) is 0 Å². The number of alkyl halides is 10. The minimum Gasteiger partial charge on any atom is -0.508 e. The number of ether oxygens (including phenoxy) is 2. The van der Waals surface area contributed by atoms with E-state index < -0.39 is 73.7 Å². The summed E-state index contributed by atoms with van der Waals surface area (Å²) in [5.74, 6) is -11.8. The first kappa shape index (κ1) is 64.1. The second-order valence-electron chi connectivity index (χ2n) is 20.3. The number of carboxylic acids is 2. The van der Waals surface area contributed by atoms with E-state index in [1.165, 1.54) is 5.56 Å². The zero-order valence-corrected chi connectivity index (χ0v) is 44.9. The molecule has 0 aromatic heterocycles. The third-order valence-electron chi connectivity index (χ3n) is 14.6. The van der Waals surface area contributed by atoms with Crippen molar-refractivity contribution in [3.8, 4) is 45.3 Å². The summed E-state index contributed by atoms with van der Waals surface area (Å²) in [4.78, 5) is 22.9. The molecule has 0 aliphatic carbocycles. The van der Waals surface area contributed by atoms with E-state index >= 15 is 0 Å². The highest BCUT2D eigenvalue weighted by Crippen LogP contribution is 2.42. The van der Waals surface area contributed by atoms with Crippen LogP contribution in [0.5, 0.6) is 23.0 Å². The van der Waals surface area contributed by atoms with Crippen LogP contribution >= 0.6 is 0 Å². The normalized spacial score (nSPS) is 12.9. The van der Waals surface area contributed by atoms with Crippen LogP contribution < -0.4 is 9.47 Å². The Kier molecular flexibility index (Phi) is 23.8. The molecular weight excluding hydrogens is 1060 g/mol. The predicted octanol–water partition coefficient (Wildman–Crippen LogP) is 18.3. The molecule has 0 aliphatic rings. The van der Waals surface area contributed by atoms with Gasteiger partial charge in [-0.3, -0.25) is 9.59 Å². The fourth-order valence-corrected chi connectivity index (χ4v) is 10.0. The zero-order valence-electron chi connectivity index (χ0n) is 44.9. The summed E-state index contributed by atoms with van der Waals surface area (Å²) in [6, 6.07) is 34.4. The Morgan fingerprint density at radius 3 is 1.21 bits per heavy atom. The number of aryl methyl sites for hydroxylation is 2. The Balaban J connectivity index is 0.000000294. The number of hydrogen-bond acceptors (Lipinski definition) is 6. The van der Waals surface area contributed by atoms with Gasteiger partial charge in [0.05, 0.1) is 26.1 Å². The second-order valence-corrected chi connectivity index (χ2v) is 20.3. The lowest BCUT2D eigenvalue weighted by Gasteiger charge is -2.20. The molecule has 0 radical (unpaired) electrons. The van der Waals surface area contributed by atoms with Gasteiger partial charge in [0.1, 0.15) is 23.0 Å². The zero-order chi connectivity index (χ0) is 58.7. The van der Waals surface area contributed by atoms with Gasteiger partial charge >= 0.3 is 36.1 Å². The highest BCUT2D eigenvalue weighted by Gasteiger charge is 2.57. The number of aromatic hydroxyl groups is 2. The average molecular weight is 1130 g/mol. The first-order chi connectivity index (χ1) is 37.8. The Morgan fingerprint density at radius 2 is 0.787 bits per heavy atom. The van der Waals surface area contributed by atoms with Crippen LogP contribution in [0.3, 0.4) is 0 Å². The molecule has 2 unspecified atom stereocenters. The molecule has 18 heteroatoms. The van der Waals surface area contributed by atoms with Crippen molar-refractivity contribution in [3.05, 3.63) is 120 Å². The maximum atomic E-state index is 13.1. The van der Waals surface area contributed by atoms with Crippen molar-refractivity contribution in [1.29, 1.82) is 0 Å². The van der Waals surface area contributed by atoms with Gasteiger partial charge in [-0.1, -0.05) is 112 Å². The highest BCUT2D eigenvalue weighted by molar-refractivity contribution is 5.94. The topological polar surface area (TPSA) is 134 Å². The molecule has 0 fully saturated rings. The fraction of sp³-hybridized carbons (Fsp3) is 0.452. The maximum Gasteiger partial charge on any atom is 0.453 e. The minimum atomic E-state index is -5.62. The Hall–Kier alpha value is -6.72. The number of benzene rings is 6. The third-order valence-corrected chi connectivity index (χ3v) is 14.6. The molecule has 436 valence electrons. The highest BCUT2D eigenvalue weighted by atomic mass is 19.4. The van der Waals surface area contributed by atoms with Gasteiger partial charge in [0, 0.05) is 12.8 Å². The van der Waals surface area contributed by atoms with Crippen LogP contribution in [0.2, 0.25) is 0 Å². The number of aliphatic carboxylic acids is 2. The SMILES string of the molecule is COc1ccc(-c2ccc3cc(OC)ccc3c2CCCCCCCC(CCCC(F)(F)C(F)(F)F)C(=O)O)cc1.O=C(O)C(CCCCCCCc1c(-c2ccc(O)cc2)ccc2cc(O)ccc12)CCCC(F)(F)C(F)(F)F. The number of halogens is 10. The lowest BCUT2D eigenvalue weighted by atomic mass is 9.90. The van der Waals surface area contributed by atoms with E-state index in [9.17, 15) is 73.9 Å². The van der Waals surface area contributed by atoms with Crippen molar-refractivity contribution >= 4 is 33.5 Å². The lowest BCUT2D eigenvalue weighted by molar-refractivity contribution is -0.284. The van der Waals surface area contributed by atoms with Crippen LogP contribution in [0, 0.1) is 11.8 Å². The molecule has 2 atom stereocenters. The summed E-state index contributed by atoms with van der Waals surface area (Å²) in [7, 11) is 3.27. The smallest absolute Gasteiger partial charge is 0.453 e. The quantitative estimate of drug-likeness (QED) is 0.0259. The van der Waals surface area contributed by atoms with Gasteiger partial charge in [-0.25, -0.2) is 0 Å². The van der Waals surface area contributed by atoms with E-state index in [4.69, 9.17) is 9.47 Å². The van der Waals surface area contributed by atoms with Crippen molar-refractivity contribution in [3.63, 3.8) is 0 Å². The van der Waals surface area contributed by atoms with E-state index in [0.29, 0.717) is 12.8 Å².